The number of carboxylic acid groups (broad SMARTS) is 1. The van der Waals surface area contributed by atoms with Gasteiger partial charge >= 0.3 is 12.1 Å². The summed E-state index contributed by atoms with van der Waals surface area (Å²) >= 11 is 0. The fourth-order valence-corrected chi connectivity index (χ4v) is 2.75. The lowest BCUT2D eigenvalue weighted by molar-refractivity contribution is 0.194. The number of carbonyl (C=O) groups is 2. The first-order chi connectivity index (χ1) is 11.6. The van der Waals surface area contributed by atoms with Crippen molar-refractivity contribution < 1.29 is 14.7 Å². The minimum Gasteiger partial charge on any atom is -0.465 e. The summed E-state index contributed by atoms with van der Waals surface area (Å²) < 4.78 is 0. The number of nitrogens with zero attached hydrogens (tertiary/aromatic N) is 1. The summed E-state index contributed by atoms with van der Waals surface area (Å²) in [5, 5.41) is 13.8. The predicted octanol–water partition coefficient (Wildman–Crippen LogP) is 3.04. The van der Waals surface area contributed by atoms with Crippen molar-refractivity contribution in [3.63, 3.8) is 0 Å². The highest BCUT2D eigenvalue weighted by molar-refractivity contribution is 5.89. The topological polar surface area (TPSA) is 81.7 Å². The molecule has 3 amide bonds. The van der Waals surface area contributed by atoms with Gasteiger partial charge in [0, 0.05) is 25.3 Å². The maximum atomic E-state index is 12.4. The Hall–Kier alpha value is -3.02. The number of hydrogen-bond donors (Lipinski definition) is 3. The number of amides is 3. The molecule has 6 nitrogen and oxygen atoms in total. The molecule has 0 aliphatic carbocycles. The monoisotopic (exact) mass is 325 g/mol. The van der Waals surface area contributed by atoms with E-state index >= 15 is 0 Å². The van der Waals surface area contributed by atoms with E-state index in [4.69, 9.17) is 5.11 Å². The molecule has 0 saturated heterocycles. The molecular formula is C18H19N3O3. The third-order valence-electron chi connectivity index (χ3n) is 4.02. The number of carbonyl (C=O) groups excluding carboxylic acids is 1. The second kappa shape index (κ2) is 7.04. The Bertz CT molecular complexity index is 718. The zero-order valence-corrected chi connectivity index (χ0v) is 13.2. The van der Waals surface area contributed by atoms with Crippen molar-refractivity contribution in [1.82, 2.24) is 10.2 Å². The molecule has 0 atom stereocenters. The Morgan fingerprint density at radius 3 is 2.21 bits per heavy atom. The van der Waals surface area contributed by atoms with Crippen LogP contribution < -0.4 is 10.6 Å². The first-order valence-corrected chi connectivity index (χ1v) is 7.80. The van der Waals surface area contributed by atoms with Crippen LogP contribution in [0.3, 0.4) is 0 Å². The van der Waals surface area contributed by atoms with Gasteiger partial charge < -0.3 is 20.6 Å². The van der Waals surface area contributed by atoms with Gasteiger partial charge in [-0.15, -0.1) is 0 Å². The fraction of sp³-hybridized carbons (Fsp3) is 0.222. The fourth-order valence-electron chi connectivity index (χ4n) is 2.75. The summed E-state index contributed by atoms with van der Waals surface area (Å²) in [6, 6.07) is 15.4. The van der Waals surface area contributed by atoms with Crippen LogP contribution in [0.15, 0.2) is 48.5 Å². The first-order valence-electron chi connectivity index (χ1n) is 7.80. The van der Waals surface area contributed by atoms with Crippen molar-refractivity contribution in [3.05, 3.63) is 65.2 Å². The van der Waals surface area contributed by atoms with E-state index in [1.165, 1.54) is 11.1 Å². The number of anilines is 1. The van der Waals surface area contributed by atoms with E-state index < -0.39 is 6.09 Å². The molecule has 1 heterocycles. The first kappa shape index (κ1) is 15.9. The number of rotatable bonds is 4. The molecule has 0 unspecified atom stereocenters. The molecule has 3 N–H and O–H groups in total. The van der Waals surface area contributed by atoms with Crippen LogP contribution in [0.4, 0.5) is 15.3 Å². The van der Waals surface area contributed by atoms with Gasteiger partial charge in [-0.2, -0.15) is 0 Å². The Labute approximate surface area is 140 Å². The molecule has 124 valence electrons. The summed E-state index contributed by atoms with van der Waals surface area (Å²) in [6.07, 6.45) is -0.410. The molecule has 1 aliphatic rings. The zero-order chi connectivity index (χ0) is 16.9. The average molecular weight is 325 g/mol. The van der Waals surface area contributed by atoms with Gasteiger partial charge in [-0.3, -0.25) is 0 Å². The summed E-state index contributed by atoms with van der Waals surface area (Å²) in [6.45, 7) is 1.62. The summed E-state index contributed by atoms with van der Waals surface area (Å²) in [5.41, 5.74) is 4.11. The predicted molar refractivity (Wildman–Crippen MR) is 90.9 cm³/mol. The number of benzene rings is 2. The van der Waals surface area contributed by atoms with Crippen molar-refractivity contribution >= 4 is 17.8 Å². The van der Waals surface area contributed by atoms with Crippen LogP contribution in [0.25, 0.3) is 0 Å². The molecule has 0 radical (unpaired) electrons. The van der Waals surface area contributed by atoms with Crippen LogP contribution in [0.1, 0.15) is 16.7 Å². The maximum Gasteiger partial charge on any atom is 0.404 e. The van der Waals surface area contributed by atoms with Crippen LogP contribution in [-0.4, -0.2) is 28.7 Å². The Morgan fingerprint density at radius 1 is 1.00 bits per heavy atom. The molecule has 2 aromatic rings. The highest BCUT2D eigenvalue weighted by atomic mass is 16.4. The number of urea groups is 1. The highest BCUT2D eigenvalue weighted by Crippen LogP contribution is 2.23. The molecule has 3 rings (SSSR count). The van der Waals surface area contributed by atoms with Crippen molar-refractivity contribution in [3.8, 4) is 0 Å². The molecule has 0 bridgehead atoms. The number of fused-ring (bicyclic) bond motifs is 1. The Morgan fingerprint density at radius 2 is 1.62 bits per heavy atom. The molecular weight excluding hydrogens is 306 g/mol. The van der Waals surface area contributed by atoms with Crippen molar-refractivity contribution in [2.24, 2.45) is 0 Å². The Kier molecular flexibility index (Phi) is 4.65. The second-order valence-corrected chi connectivity index (χ2v) is 5.73. The molecule has 0 aromatic heterocycles. The van der Waals surface area contributed by atoms with Gasteiger partial charge in [-0.25, -0.2) is 9.59 Å². The van der Waals surface area contributed by atoms with Crippen LogP contribution in [0, 0.1) is 0 Å². The Balaban J connectivity index is 1.53. The van der Waals surface area contributed by atoms with Gasteiger partial charge in [0.05, 0.1) is 0 Å². The minimum atomic E-state index is -1.02. The molecule has 0 fully saturated rings. The quantitative estimate of drug-likeness (QED) is 0.808. The van der Waals surface area contributed by atoms with Crippen molar-refractivity contribution in [1.29, 1.82) is 0 Å². The lowest BCUT2D eigenvalue weighted by atomic mass is 10.1. The normalized spacial score (nSPS) is 12.6. The largest absolute Gasteiger partial charge is 0.465 e. The molecule has 2 aromatic carbocycles. The second-order valence-electron chi connectivity index (χ2n) is 5.73. The average Bonchev–Trinajstić information content (AvgIpc) is 3.00. The number of nitrogens with one attached hydrogen (secondary N) is 2. The van der Waals surface area contributed by atoms with Gasteiger partial charge in [0.1, 0.15) is 0 Å². The van der Waals surface area contributed by atoms with Gasteiger partial charge in [0.15, 0.2) is 0 Å². The van der Waals surface area contributed by atoms with Crippen molar-refractivity contribution in [2.45, 2.75) is 19.5 Å². The standard InChI is InChI=1S/C18H19N3O3/c22-17(21-11-14-3-1-2-4-15(14)12-21)20-16-7-5-13(6-8-16)9-10-19-18(23)24/h1-8,19H,9-12H2,(H,20,22)(H,23,24). The smallest absolute Gasteiger partial charge is 0.404 e. The summed E-state index contributed by atoms with van der Waals surface area (Å²) in [7, 11) is 0. The van der Waals surface area contributed by atoms with Crippen LogP contribution in [0.2, 0.25) is 0 Å². The minimum absolute atomic E-state index is 0.119. The maximum absolute atomic E-state index is 12.4. The molecule has 24 heavy (non-hydrogen) atoms. The van der Waals surface area contributed by atoms with Crippen LogP contribution in [0.5, 0.6) is 0 Å². The van der Waals surface area contributed by atoms with Gasteiger partial charge in [0.2, 0.25) is 0 Å². The van der Waals surface area contributed by atoms with Crippen LogP contribution in [-0.2, 0) is 19.5 Å². The zero-order valence-electron chi connectivity index (χ0n) is 13.2. The number of hydrogen-bond acceptors (Lipinski definition) is 2. The lowest BCUT2D eigenvalue weighted by Gasteiger charge is -2.16. The van der Waals surface area contributed by atoms with E-state index in [2.05, 4.69) is 10.6 Å². The third kappa shape index (κ3) is 3.84. The summed E-state index contributed by atoms with van der Waals surface area (Å²) in [5.74, 6) is 0. The van der Waals surface area contributed by atoms with Crippen LogP contribution >= 0.6 is 0 Å². The summed E-state index contributed by atoms with van der Waals surface area (Å²) in [4.78, 5) is 24.5. The van der Waals surface area contributed by atoms with E-state index in [-0.39, 0.29) is 6.03 Å². The third-order valence-corrected chi connectivity index (χ3v) is 4.02. The molecule has 1 aliphatic heterocycles. The van der Waals surface area contributed by atoms with E-state index in [0.29, 0.717) is 26.1 Å². The lowest BCUT2D eigenvalue weighted by Crippen LogP contribution is -2.30. The van der Waals surface area contributed by atoms with E-state index in [1.54, 1.807) is 4.90 Å². The van der Waals surface area contributed by atoms with E-state index in [9.17, 15) is 9.59 Å². The van der Waals surface area contributed by atoms with E-state index in [0.717, 1.165) is 11.3 Å². The molecule has 0 saturated carbocycles. The highest BCUT2D eigenvalue weighted by Gasteiger charge is 2.22. The van der Waals surface area contributed by atoms with Gasteiger partial charge in [-0.05, 0) is 35.2 Å². The van der Waals surface area contributed by atoms with Gasteiger partial charge in [-0.1, -0.05) is 36.4 Å². The van der Waals surface area contributed by atoms with Gasteiger partial charge in [0.25, 0.3) is 0 Å². The molecule has 0 spiro atoms. The molecule has 6 heteroatoms. The van der Waals surface area contributed by atoms with Crippen molar-refractivity contribution in [2.75, 3.05) is 11.9 Å². The SMILES string of the molecule is O=C(O)NCCc1ccc(NC(=O)N2Cc3ccccc3C2)cc1. The van der Waals surface area contributed by atoms with E-state index in [1.807, 2.05) is 48.5 Å².